The predicted molar refractivity (Wildman–Crippen MR) is 70.2 cm³/mol. The van der Waals surface area contributed by atoms with Gasteiger partial charge in [-0.3, -0.25) is 0 Å². The Labute approximate surface area is 113 Å². The molecular weight excluding hydrogens is 244 g/mol. The molecule has 0 aromatic heterocycles. The highest BCUT2D eigenvalue weighted by Gasteiger charge is 2.26. The number of ether oxygens (including phenoxy) is 4. The van der Waals surface area contributed by atoms with Crippen LogP contribution in [0.25, 0.3) is 0 Å². The van der Waals surface area contributed by atoms with E-state index >= 15 is 0 Å². The Morgan fingerprint density at radius 1 is 0.842 bits per heavy atom. The Hall–Kier alpha value is -0.940. The highest BCUT2D eigenvalue weighted by Crippen LogP contribution is 2.15. The van der Waals surface area contributed by atoms with Crippen molar-refractivity contribution in [2.45, 2.75) is 24.7 Å². The van der Waals surface area contributed by atoms with E-state index in [9.17, 15) is 0 Å². The van der Waals surface area contributed by atoms with E-state index in [0.717, 1.165) is 39.5 Å². The van der Waals surface area contributed by atoms with E-state index in [1.165, 1.54) is 5.56 Å². The van der Waals surface area contributed by atoms with Gasteiger partial charge in [-0.05, 0) is 5.56 Å². The fourth-order valence-electron chi connectivity index (χ4n) is 1.72. The molecule has 4 heteroatoms. The van der Waals surface area contributed by atoms with Gasteiger partial charge < -0.3 is 18.9 Å². The molecule has 0 N–H and O–H groups in total. The molecule has 1 aromatic rings. The molecule has 4 nitrogen and oxygen atoms in total. The van der Waals surface area contributed by atoms with E-state index in [4.69, 9.17) is 18.9 Å². The van der Waals surface area contributed by atoms with Crippen molar-refractivity contribution in [1.82, 2.24) is 0 Å². The molecule has 3 saturated heterocycles. The van der Waals surface area contributed by atoms with Gasteiger partial charge in [-0.15, -0.1) is 0 Å². The number of hydrogen-bond donors (Lipinski definition) is 0. The van der Waals surface area contributed by atoms with Crippen LogP contribution in [-0.4, -0.2) is 51.3 Å². The molecule has 3 aliphatic rings. The van der Waals surface area contributed by atoms with Gasteiger partial charge in [0.25, 0.3) is 0 Å². The molecule has 3 aliphatic heterocycles. The summed E-state index contributed by atoms with van der Waals surface area (Å²) in [6.45, 7) is 4.21. The zero-order valence-corrected chi connectivity index (χ0v) is 11.0. The lowest BCUT2D eigenvalue weighted by Gasteiger charge is -1.95. The topological polar surface area (TPSA) is 46.8 Å². The lowest BCUT2D eigenvalue weighted by molar-refractivity contribution is 0.102. The van der Waals surface area contributed by atoms with Crippen LogP contribution in [-0.2, 0) is 25.4 Å². The van der Waals surface area contributed by atoms with Crippen molar-refractivity contribution in [1.29, 1.82) is 0 Å². The summed E-state index contributed by atoms with van der Waals surface area (Å²) in [5.41, 5.74) is 1.38. The maximum absolute atomic E-state index is 5.23. The maximum Gasteiger partial charge on any atom is 0.104 e. The molecule has 4 rings (SSSR count). The van der Waals surface area contributed by atoms with Crippen molar-refractivity contribution in [3.05, 3.63) is 35.9 Å². The summed E-state index contributed by atoms with van der Waals surface area (Å²) in [5, 5.41) is 0. The average Bonchev–Trinajstić information content (AvgIpc) is 3.25. The number of hydrogen-bond acceptors (Lipinski definition) is 4. The Kier molecular flexibility index (Phi) is 4.45. The molecule has 19 heavy (non-hydrogen) atoms. The fraction of sp³-hybridized carbons (Fsp3) is 0.600. The molecule has 0 amide bonds. The van der Waals surface area contributed by atoms with E-state index in [-0.39, 0.29) is 0 Å². The van der Waals surface area contributed by atoms with Crippen LogP contribution in [0.15, 0.2) is 30.3 Å². The van der Waals surface area contributed by atoms with Crippen molar-refractivity contribution in [3.63, 3.8) is 0 Å². The molecule has 0 bridgehead atoms. The quantitative estimate of drug-likeness (QED) is 0.729. The minimum absolute atomic E-state index is 0.392. The van der Waals surface area contributed by atoms with Gasteiger partial charge in [0.15, 0.2) is 0 Å². The second-order valence-corrected chi connectivity index (χ2v) is 5.09. The first-order chi connectivity index (χ1) is 9.40. The van der Waals surface area contributed by atoms with Crippen molar-refractivity contribution >= 4 is 0 Å². The summed E-state index contributed by atoms with van der Waals surface area (Å²) in [6, 6.07) is 10.5. The number of benzene rings is 1. The Balaban J connectivity index is 0.000000117. The van der Waals surface area contributed by atoms with Gasteiger partial charge in [0.2, 0.25) is 0 Å². The Morgan fingerprint density at radius 2 is 1.37 bits per heavy atom. The predicted octanol–water partition coefficient (Wildman–Crippen LogP) is 1.43. The highest BCUT2D eigenvalue weighted by molar-refractivity contribution is 5.16. The third-order valence-corrected chi connectivity index (χ3v) is 3.12. The average molecular weight is 264 g/mol. The normalized spacial score (nSPS) is 30.2. The smallest absolute Gasteiger partial charge is 0.104 e. The van der Waals surface area contributed by atoms with Crippen LogP contribution >= 0.6 is 0 Å². The summed E-state index contributed by atoms with van der Waals surface area (Å²) < 4.78 is 20.2. The molecule has 3 unspecified atom stereocenters. The van der Waals surface area contributed by atoms with E-state index in [2.05, 4.69) is 24.3 Å². The van der Waals surface area contributed by atoms with Crippen LogP contribution in [0.5, 0.6) is 0 Å². The summed E-state index contributed by atoms with van der Waals surface area (Å²) in [7, 11) is 0. The summed E-state index contributed by atoms with van der Waals surface area (Å²) in [6.07, 6.45) is 2.38. The first-order valence-electron chi connectivity index (χ1n) is 6.86. The highest BCUT2D eigenvalue weighted by atomic mass is 16.6. The third kappa shape index (κ3) is 5.70. The molecule has 0 saturated carbocycles. The van der Waals surface area contributed by atoms with Crippen LogP contribution in [0.1, 0.15) is 5.56 Å². The van der Waals surface area contributed by atoms with Gasteiger partial charge in [-0.2, -0.15) is 0 Å². The lowest BCUT2D eigenvalue weighted by Crippen LogP contribution is -2.06. The maximum atomic E-state index is 5.23. The van der Waals surface area contributed by atoms with Crippen molar-refractivity contribution < 1.29 is 18.9 Å². The van der Waals surface area contributed by atoms with E-state index in [1.807, 2.05) is 6.07 Å². The van der Waals surface area contributed by atoms with Crippen LogP contribution in [0.3, 0.4) is 0 Å². The molecule has 104 valence electrons. The van der Waals surface area contributed by atoms with Gasteiger partial charge in [-0.25, -0.2) is 0 Å². The van der Waals surface area contributed by atoms with Gasteiger partial charge in [0.1, 0.15) is 12.2 Å². The molecule has 3 fully saturated rings. The standard InChI is InChI=1S/C9H10O.C6H10O3/c1-2-4-8(5-3-1)6-9-7-10-9;1(5-3-8-5)7-2-6-4-9-6/h1-5,9H,6-7H2;5-6H,1-4H2. The van der Waals surface area contributed by atoms with Crippen LogP contribution in [0.4, 0.5) is 0 Å². The minimum Gasteiger partial charge on any atom is -0.376 e. The van der Waals surface area contributed by atoms with Crippen LogP contribution in [0.2, 0.25) is 0 Å². The molecule has 3 heterocycles. The van der Waals surface area contributed by atoms with E-state index in [1.54, 1.807) is 0 Å². The zero-order chi connectivity index (χ0) is 12.9. The Bertz CT molecular complexity index is 357. The monoisotopic (exact) mass is 264 g/mol. The summed E-state index contributed by atoms with van der Waals surface area (Å²) in [5.74, 6) is 0. The molecular formula is C15H20O4. The molecule has 0 aliphatic carbocycles. The molecule has 0 radical (unpaired) electrons. The van der Waals surface area contributed by atoms with Gasteiger partial charge in [0.05, 0.1) is 39.1 Å². The van der Waals surface area contributed by atoms with Gasteiger partial charge in [-0.1, -0.05) is 30.3 Å². The third-order valence-electron chi connectivity index (χ3n) is 3.12. The van der Waals surface area contributed by atoms with Crippen molar-refractivity contribution in [2.75, 3.05) is 33.0 Å². The van der Waals surface area contributed by atoms with Crippen LogP contribution in [0, 0.1) is 0 Å². The second kappa shape index (κ2) is 6.48. The summed E-state index contributed by atoms with van der Waals surface area (Å²) in [4.78, 5) is 0. The molecule has 3 atom stereocenters. The van der Waals surface area contributed by atoms with Gasteiger partial charge >= 0.3 is 0 Å². The first-order valence-corrected chi connectivity index (χ1v) is 6.86. The van der Waals surface area contributed by atoms with Gasteiger partial charge in [0, 0.05) is 6.42 Å². The number of epoxide rings is 3. The second-order valence-electron chi connectivity index (χ2n) is 5.09. The minimum atomic E-state index is 0.392. The van der Waals surface area contributed by atoms with E-state index < -0.39 is 0 Å². The van der Waals surface area contributed by atoms with Crippen molar-refractivity contribution in [3.8, 4) is 0 Å². The largest absolute Gasteiger partial charge is 0.376 e. The first kappa shape index (κ1) is 13.1. The Morgan fingerprint density at radius 3 is 1.84 bits per heavy atom. The molecule has 0 spiro atoms. The van der Waals surface area contributed by atoms with Crippen LogP contribution < -0.4 is 0 Å². The lowest BCUT2D eigenvalue weighted by atomic mass is 10.1. The number of rotatable bonds is 6. The van der Waals surface area contributed by atoms with Crippen molar-refractivity contribution in [2.24, 2.45) is 0 Å². The fourth-order valence-corrected chi connectivity index (χ4v) is 1.72. The molecule has 1 aromatic carbocycles. The SMILES string of the molecule is C(OCC1CO1)C1CO1.c1ccc(CC2CO2)cc1. The summed E-state index contributed by atoms with van der Waals surface area (Å²) >= 11 is 0. The zero-order valence-electron chi connectivity index (χ0n) is 11.0. The van der Waals surface area contributed by atoms with E-state index in [0.29, 0.717) is 18.3 Å².